The number of hydrogen-bond donors (Lipinski definition) is 1. The molecular weight excluding hydrogens is 395 g/mol. The normalized spacial score (nSPS) is 25.6. The van der Waals surface area contributed by atoms with E-state index in [4.69, 9.17) is 10.5 Å². The number of rotatable bonds is 3. The highest BCUT2D eigenvalue weighted by Crippen LogP contribution is 2.18. The Morgan fingerprint density at radius 2 is 2.00 bits per heavy atom. The zero-order chi connectivity index (χ0) is 13.9. The lowest BCUT2D eigenvalue weighted by Crippen LogP contribution is -2.45. The Morgan fingerprint density at radius 3 is 2.55 bits per heavy atom. The van der Waals surface area contributed by atoms with Crippen molar-refractivity contribution in [2.24, 2.45) is 16.6 Å². The van der Waals surface area contributed by atoms with Crippen LogP contribution in [0.25, 0.3) is 0 Å². The fourth-order valence-corrected chi connectivity index (χ4v) is 3.28. The molecule has 1 atom stereocenters. The first-order valence-electron chi connectivity index (χ1n) is 6.54. The van der Waals surface area contributed by atoms with E-state index in [9.17, 15) is 8.42 Å². The number of hydrogen-bond acceptors (Lipinski definition) is 4. The number of ether oxygens (including phenoxy) is 1. The van der Waals surface area contributed by atoms with E-state index in [1.54, 1.807) is 0 Å². The number of nitrogens with zero attached hydrogens (tertiary/aromatic N) is 3. The SMILES string of the molecule is CS(=O)(=O)N1CCC(CN=C(N)N2CCOCC2)C1.I. The third-order valence-electron chi connectivity index (χ3n) is 3.56. The molecule has 0 radical (unpaired) electrons. The Labute approximate surface area is 137 Å². The average Bonchev–Trinajstić information content (AvgIpc) is 2.86. The van der Waals surface area contributed by atoms with Crippen LogP contribution >= 0.6 is 24.0 Å². The van der Waals surface area contributed by atoms with Gasteiger partial charge in [-0.15, -0.1) is 24.0 Å². The molecule has 0 aromatic carbocycles. The van der Waals surface area contributed by atoms with Crippen LogP contribution in [0, 0.1) is 5.92 Å². The van der Waals surface area contributed by atoms with Crippen LogP contribution in [0.4, 0.5) is 0 Å². The van der Waals surface area contributed by atoms with E-state index in [1.165, 1.54) is 10.6 Å². The summed E-state index contributed by atoms with van der Waals surface area (Å²) in [4.78, 5) is 6.40. The fraction of sp³-hybridized carbons (Fsp3) is 0.909. The Hall–Kier alpha value is -0.130. The quantitative estimate of drug-likeness (QED) is 0.381. The summed E-state index contributed by atoms with van der Waals surface area (Å²) in [6.45, 7) is 4.65. The van der Waals surface area contributed by atoms with Crippen molar-refractivity contribution in [1.82, 2.24) is 9.21 Å². The minimum Gasteiger partial charge on any atom is -0.378 e. The van der Waals surface area contributed by atoms with Gasteiger partial charge in [0.25, 0.3) is 0 Å². The smallest absolute Gasteiger partial charge is 0.211 e. The van der Waals surface area contributed by atoms with E-state index >= 15 is 0 Å². The van der Waals surface area contributed by atoms with Crippen molar-refractivity contribution in [3.8, 4) is 0 Å². The van der Waals surface area contributed by atoms with E-state index in [2.05, 4.69) is 4.99 Å². The maximum absolute atomic E-state index is 11.4. The van der Waals surface area contributed by atoms with Gasteiger partial charge in [-0.2, -0.15) is 0 Å². The molecule has 2 aliphatic heterocycles. The Kier molecular flexibility index (Phi) is 6.95. The maximum Gasteiger partial charge on any atom is 0.211 e. The molecule has 1 unspecified atom stereocenters. The van der Waals surface area contributed by atoms with Gasteiger partial charge in [0.15, 0.2) is 5.96 Å². The van der Waals surface area contributed by atoms with E-state index in [1.807, 2.05) is 4.90 Å². The summed E-state index contributed by atoms with van der Waals surface area (Å²) in [5.74, 6) is 0.815. The highest BCUT2D eigenvalue weighted by Gasteiger charge is 2.28. The summed E-state index contributed by atoms with van der Waals surface area (Å²) in [6, 6.07) is 0. The summed E-state index contributed by atoms with van der Waals surface area (Å²) in [5, 5.41) is 0. The standard InChI is InChI=1S/C11H22N4O3S.HI/c1-19(16,17)15-3-2-10(9-15)8-13-11(12)14-4-6-18-7-5-14;/h10H,2-9H2,1H3,(H2,12,13);1H. The van der Waals surface area contributed by atoms with Gasteiger partial charge in [-0.05, 0) is 12.3 Å². The van der Waals surface area contributed by atoms with Gasteiger partial charge < -0.3 is 15.4 Å². The molecule has 9 heteroatoms. The Morgan fingerprint density at radius 1 is 1.35 bits per heavy atom. The summed E-state index contributed by atoms with van der Waals surface area (Å²) in [6.07, 6.45) is 2.10. The number of sulfonamides is 1. The van der Waals surface area contributed by atoms with Gasteiger partial charge in [0.1, 0.15) is 0 Å². The van der Waals surface area contributed by atoms with Crippen molar-refractivity contribution in [3.63, 3.8) is 0 Å². The second-order valence-electron chi connectivity index (χ2n) is 5.07. The first kappa shape index (κ1) is 17.9. The average molecular weight is 418 g/mol. The van der Waals surface area contributed by atoms with Crippen molar-refractivity contribution in [2.45, 2.75) is 6.42 Å². The van der Waals surface area contributed by atoms with Crippen LogP contribution in [-0.2, 0) is 14.8 Å². The van der Waals surface area contributed by atoms with Crippen LogP contribution in [-0.4, -0.2) is 75.8 Å². The number of guanidine groups is 1. The molecule has 2 rings (SSSR count). The minimum atomic E-state index is -3.07. The maximum atomic E-state index is 11.4. The molecule has 0 aromatic heterocycles. The summed E-state index contributed by atoms with van der Waals surface area (Å²) >= 11 is 0. The molecule has 0 saturated carbocycles. The predicted molar refractivity (Wildman–Crippen MR) is 88.8 cm³/mol. The molecule has 0 aliphatic carbocycles. The molecule has 0 aromatic rings. The van der Waals surface area contributed by atoms with Crippen molar-refractivity contribution in [1.29, 1.82) is 0 Å². The number of nitrogens with two attached hydrogens (primary N) is 1. The van der Waals surface area contributed by atoms with Crippen molar-refractivity contribution < 1.29 is 13.2 Å². The number of aliphatic imine (C=N–C) groups is 1. The van der Waals surface area contributed by atoms with Crippen LogP contribution in [0.2, 0.25) is 0 Å². The monoisotopic (exact) mass is 418 g/mol. The van der Waals surface area contributed by atoms with Gasteiger partial charge in [-0.25, -0.2) is 12.7 Å². The van der Waals surface area contributed by atoms with Crippen molar-refractivity contribution in [3.05, 3.63) is 0 Å². The van der Waals surface area contributed by atoms with E-state index in [-0.39, 0.29) is 29.9 Å². The topological polar surface area (TPSA) is 88.2 Å². The minimum absolute atomic E-state index is 0. The summed E-state index contributed by atoms with van der Waals surface area (Å²) in [7, 11) is -3.07. The van der Waals surface area contributed by atoms with Crippen LogP contribution in [0.5, 0.6) is 0 Å². The van der Waals surface area contributed by atoms with Crippen LogP contribution in [0.3, 0.4) is 0 Å². The lowest BCUT2D eigenvalue weighted by atomic mass is 10.1. The first-order valence-corrected chi connectivity index (χ1v) is 8.39. The summed E-state index contributed by atoms with van der Waals surface area (Å²) < 4.78 is 29.6. The van der Waals surface area contributed by atoms with Crippen LogP contribution < -0.4 is 5.73 Å². The summed E-state index contributed by atoms with van der Waals surface area (Å²) in [5.41, 5.74) is 5.94. The van der Waals surface area contributed by atoms with Gasteiger partial charge in [-0.3, -0.25) is 4.99 Å². The zero-order valence-corrected chi connectivity index (χ0v) is 14.8. The molecule has 0 bridgehead atoms. The Balaban J connectivity index is 0.00000200. The van der Waals surface area contributed by atoms with Gasteiger partial charge in [0.05, 0.1) is 19.5 Å². The lowest BCUT2D eigenvalue weighted by molar-refractivity contribution is 0.0674. The second-order valence-corrected chi connectivity index (χ2v) is 7.06. The molecule has 118 valence electrons. The molecule has 7 nitrogen and oxygen atoms in total. The number of morpholine rings is 1. The molecule has 0 amide bonds. The molecule has 2 N–H and O–H groups in total. The predicted octanol–water partition coefficient (Wildman–Crippen LogP) is -0.467. The van der Waals surface area contributed by atoms with Gasteiger partial charge in [0, 0.05) is 32.7 Å². The molecule has 20 heavy (non-hydrogen) atoms. The van der Waals surface area contributed by atoms with Crippen molar-refractivity contribution in [2.75, 3.05) is 52.2 Å². The van der Waals surface area contributed by atoms with Gasteiger partial charge >= 0.3 is 0 Å². The van der Waals surface area contributed by atoms with E-state index < -0.39 is 10.0 Å². The van der Waals surface area contributed by atoms with Gasteiger partial charge in [-0.1, -0.05) is 0 Å². The third kappa shape index (κ3) is 5.01. The fourth-order valence-electron chi connectivity index (χ4n) is 2.36. The molecular formula is C11H23IN4O3S. The number of halogens is 1. The van der Waals surface area contributed by atoms with E-state index in [0.717, 1.165) is 19.5 Å². The molecule has 2 aliphatic rings. The highest BCUT2D eigenvalue weighted by atomic mass is 127. The van der Waals surface area contributed by atoms with E-state index in [0.29, 0.717) is 38.8 Å². The largest absolute Gasteiger partial charge is 0.378 e. The molecule has 0 spiro atoms. The zero-order valence-electron chi connectivity index (χ0n) is 11.7. The van der Waals surface area contributed by atoms with Crippen LogP contribution in [0.1, 0.15) is 6.42 Å². The van der Waals surface area contributed by atoms with Crippen LogP contribution in [0.15, 0.2) is 4.99 Å². The third-order valence-corrected chi connectivity index (χ3v) is 4.83. The highest BCUT2D eigenvalue weighted by molar-refractivity contribution is 14.0. The Bertz CT molecular complexity index is 437. The van der Waals surface area contributed by atoms with Gasteiger partial charge in [0.2, 0.25) is 10.0 Å². The molecule has 2 saturated heterocycles. The lowest BCUT2D eigenvalue weighted by Gasteiger charge is -2.27. The van der Waals surface area contributed by atoms with Crippen molar-refractivity contribution >= 4 is 40.0 Å². The molecule has 2 fully saturated rings. The second kappa shape index (κ2) is 7.76. The first-order chi connectivity index (χ1) is 8.97. The molecule has 2 heterocycles.